The van der Waals surface area contributed by atoms with Crippen LogP contribution in [0.25, 0.3) is 32.9 Å². The van der Waals surface area contributed by atoms with E-state index in [4.69, 9.17) is 11.6 Å². The van der Waals surface area contributed by atoms with Crippen LogP contribution >= 0.6 is 11.6 Å². The van der Waals surface area contributed by atoms with E-state index in [0.717, 1.165) is 27.4 Å². The Morgan fingerprint density at radius 2 is 1.67 bits per heavy atom. The fraction of sp³-hybridized carbons (Fsp3) is 0. The molecule has 3 aromatic carbocycles. The predicted molar refractivity (Wildman–Crippen MR) is 86.2 cm³/mol. The molecule has 0 unspecified atom stereocenters. The molecule has 0 saturated heterocycles. The van der Waals surface area contributed by atoms with Crippen LogP contribution in [0.1, 0.15) is 0 Å². The summed E-state index contributed by atoms with van der Waals surface area (Å²) in [5.41, 5.74) is 2.44. The van der Waals surface area contributed by atoms with Crippen molar-refractivity contribution in [3.05, 3.63) is 71.5 Å². The van der Waals surface area contributed by atoms with Crippen molar-refractivity contribution >= 4 is 33.3 Å². The minimum Gasteiger partial charge on any atom is -0.352 e. The van der Waals surface area contributed by atoms with Crippen molar-refractivity contribution in [2.24, 2.45) is 0 Å². The van der Waals surface area contributed by atoms with E-state index >= 15 is 0 Å². The number of rotatable bonds is 1. The van der Waals surface area contributed by atoms with Gasteiger partial charge < -0.3 is 4.98 Å². The Balaban J connectivity index is 2.03. The first-order chi connectivity index (χ1) is 10.2. The lowest BCUT2D eigenvalue weighted by Gasteiger charge is -2.04. The molecule has 0 amide bonds. The molecular weight excluding hydrogens is 285 g/mol. The van der Waals surface area contributed by atoms with E-state index < -0.39 is 0 Å². The van der Waals surface area contributed by atoms with Crippen LogP contribution in [-0.4, -0.2) is 4.98 Å². The quantitative estimate of drug-likeness (QED) is 0.458. The molecule has 21 heavy (non-hydrogen) atoms. The monoisotopic (exact) mass is 295 g/mol. The number of fused-ring (bicyclic) bond motifs is 2. The summed E-state index contributed by atoms with van der Waals surface area (Å²) in [6.45, 7) is 0. The molecule has 4 rings (SSSR count). The number of hydrogen-bond acceptors (Lipinski definition) is 0. The van der Waals surface area contributed by atoms with Crippen molar-refractivity contribution in [2.75, 3.05) is 0 Å². The fourth-order valence-corrected chi connectivity index (χ4v) is 2.98. The first-order valence-corrected chi connectivity index (χ1v) is 7.06. The Morgan fingerprint density at radius 3 is 2.57 bits per heavy atom. The predicted octanol–water partition coefficient (Wildman–Crippen LogP) is 5.78. The lowest BCUT2D eigenvalue weighted by Crippen LogP contribution is -1.81. The average Bonchev–Trinajstić information content (AvgIpc) is 2.90. The molecule has 1 N–H and O–H groups in total. The molecule has 102 valence electrons. The molecule has 1 heterocycles. The van der Waals surface area contributed by atoms with Gasteiger partial charge in [0.15, 0.2) is 0 Å². The van der Waals surface area contributed by atoms with Crippen LogP contribution < -0.4 is 0 Å². The number of halogens is 2. The molecule has 0 radical (unpaired) electrons. The summed E-state index contributed by atoms with van der Waals surface area (Å²) in [7, 11) is 0. The highest BCUT2D eigenvalue weighted by molar-refractivity contribution is 6.31. The van der Waals surface area contributed by atoms with E-state index in [1.54, 1.807) is 6.07 Å². The summed E-state index contributed by atoms with van der Waals surface area (Å²) in [5.74, 6) is -0.330. The minimum atomic E-state index is -0.330. The standard InChI is InChI=1S/C18H11ClFN/c19-13-8-12-9-17(21-18(12)16(20)10-13)15-7-3-5-11-4-1-2-6-14(11)15/h1-10,21H. The minimum absolute atomic E-state index is 0.330. The van der Waals surface area contributed by atoms with Gasteiger partial charge in [0.05, 0.1) is 5.52 Å². The normalized spacial score (nSPS) is 11.3. The molecule has 0 aliphatic heterocycles. The maximum atomic E-state index is 14.0. The number of aromatic amines is 1. The molecule has 0 aliphatic rings. The molecule has 0 spiro atoms. The lowest BCUT2D eigenvalue weighted by molar-refractivity contribution is 0.637. The van der Waals surface area contributed by atoms with E-state index in [0.29, 0.717) is 10.5 Å². The second kappa shape index (κ2) is 4.61. The van der Waals surface area contributed by atoms with Crippen LogP contribution in [0, 0.1) is 5.82 Å². The second-order valence-corrected chi connectivity index (χ2v) is 5.50. The van der Waals surface area contributed by atoms with Crippen molar-refractivity contribution < 1.29 is 4.39 Å². The summed E-state index contributed by atoms with van der Waals surface area (Å²) < 4.78 is 14.0. The topological polar surface area (TPSA) is 15.8 Å². The maximum absolute atomic E-state index is 14.0. The zero-order valence-electron chi connectivity index (χ0n) is 11.0. The zero-order chi connectivity index (χ0) is 14.4. The van der Waals surface area contributed by atoms with E-state index in [1.165, 1.54) is 6.07 Å². The molecular formula is C18H11ClFN. The number of hydrogen-bond donors (Lipinski definition) is 1. The van der Waals surface area contributed by atoms with Gasteiger partial charge in [-0.25, -0.2) is 4.39 Å². The van der Waals surface area contributed by atoms with E-state index in [9.17, 15) is 4.39 Å². The van der Waals surface area contributed by atoms with Crippen molar-refractivity contribution in [3.8, 4) is 11.3 Å². The lowest BCUT2D eigenvalue weighted by atomic mass is 10.0. The van der Waals surface area contributed by atoms with Crippen LogP contribution in [0.2, 0.25) is 5.02 Å². The SMILES string of the molecule is Fc1cc(Cl)cc2cc(-c3cccc4ccccc34)[nH]c12. The summed E-state index contributed by atoms with van der Waals surface area (Å²) in [6, 6.07) is 19.3. The Hall–Kier alpha value is -2.32. The molecule has 4 aromatic rings. The van der Waals surface area contributed by atoms with Gasteiger partial charge in [-0.05, 0) is 29.0 Å². The molecule has 1 nitrogen and oxygen atoms in total. The molecule has 0 fully saturated rings. The van der Waals surface area contributed by atoms with Crippen LogP contribution in [0.3, 0.4) is 0 Å². The summed E-state index contributed by atoms with van der Waals surface area (Å²) in [4.78, 5) is 3.17. The average molecular weight is 296 g/mol. The van der Waals surface area contributed by atoms with Crippen LogP contribution in [0.4, 0.5) is 4.39 Å². The molecule has 0 bridgehead atoms. The summed E-state index contributed by atoms with van der Waals surface area (Å²) in [6.07, 6.45) is 0. The first-order valence-electron chi connectivity index (χ1n) is 6.68. The van der Waals surface area contributed by atoms with E-state index in [1.807, 2.05) is 30.3 Å². The van der Waals surface area contributed by atoms with Gasteiger partial charge in [-0.2, -0.15) is 0 Å². The van der Waals surface area contributed by atoms with Crippen molar-refractivity contribution in [1.29, 1.82) is 0 Å². The van der Waals surface area contributed by atoms with Gasteiger partial charge in [0, 0.05) is 21.7 Å². The van der Waals surface area contributed by atoms with Crippen molar-refractivity contribution in [2.45, 2.75) is 0 Å². The highest BCUT2D eigenvalue weighted by Gasteiger charge is 2.10. The zero-order valence-corrected chi connectivity index (χ0v) is 11.8. The maximum Gasteiger partial charge on any atom is 0.148 e. The van der Waals surface area contributed by atoms with E-state index in [2.05, 4.69) is 23.2 Å². The van der Waals surface area contributed by atoms with Crippen LogP contribution in [0.15, 0.2) is 60.7 Å². The van der Waals surface area contributed by atoms with Gasteiger partial charge >= 0.3 is 0 Å². The van der Waals surface area contributed by atoms with Gasteiger partial charge in [0.25, 0.3) is 0 Å². The van der Waals surface area contributed by atoms with Gasteiger partial charge in [-0.3, -0.25) is 0 Å². The molecule has 1 aromatic heterocycles. The third kappa shape index (κ3) is 1.99. The Bertz CT molecular complexity index is 966. The second-order valence-electron chi connectivity index (χ2n) is 5.06. The Kier molecular flexibility index (Phi) is 2.72. The Morgan fingerprint density at radius 1 is 0.857 bits per heavy atom. The largest absolute Gasteiger partial charge is 0.352 e. The molecule has 0 aliphatic carbocycles. The third-order valence-electron chi connectivity index (χ3n) is 3.72. The van der Waals surface area contributed by atoms with Gasteiger partial charge in [-0.1, -0.05) is 54.1 Å². The van der Waals surface area contributed by atoms with Crippen molar-refractivity contribution in [1.82, 2.24) is 4.98 Å². The van der Waals surface area contributed by atoms with Gasteiger partial charge in [-0.15, -0.1) is 0 Å². The fourth-order valence-electron chi connectivity index (χ4n) is 2.77. The number of nitrogens with one attached hydrogen (secondary N) is 1. The highest BCUT2D eigenvalue weighted by atomic mass is 35.5. The van der Waals surface area contributed by atoms with Crippen molar-refractivity contribution in [3.63, 3.8) is 0 Å². The smallest absolute Gasteiger partial charge is 0.148 e. The Labute approximate surface area is 126 Å². The summed E-state index contributed by atoms with van der Waals surface area (Å²) in [5, 5.41) is 3.48. The molecule has 0 saturated carbocycles. The number of benzene rings is 3. The molecule has 3 heteroatoms. The van der Waals surface area contributed by atoms with Gasteiger partial charge in [0.1, 0.15) is 5.82 Å². The van der Waals surface area contributed by atoms with E-state index in [-0.39, 0.29) is 5.82 Å². The third-order valence-corrected chi connectivity index (χ3v) is 3.94. The number of aromatic nitrogens is 1. The van der Waals surface area contributed by atoms with Gasteiger partial charge in [0.2, 0.25) is 0 Å². The highest BCUT2D eigenvalue weighted by Crippen LogP contribution is 2.32. The van der Waals surface area contributed by atoms with Crippen LogP contribution in [-0.2, 0) is 0 Å². The number of H-pyrrole nitrogens is 1. The molecule has 0 atom stereocenters. The van der Waals surface area contributed by atoms with Crippen LogP contribution in [0.5, 0.6) is 0 Å². The summed E-state index contributed by atoms with van der Waals surface area (Å²) >= 11 is 5.92. The first kappa shape index (κ1) is 12.4.